The Morgan fingerprint density at radius 3 is 2.61 bits per heavy atom. The van der Waals surface area contributed by atoms with Crippen molar-refractivity contribution >= 4 is 21.9 Å². The van der Waals surface area contributed by atoms with Crippen molar-refractivity contribution < 1.29 is 27.9 Å². The van der Waals surface area contributed by atoms with Crippen LogP contribution in [0.3, 0.4) is 0 Å². The summed E-state index contributed by atoms with van der Waals surface area (Å²) in [7, 11) is -0.711. The third kappa shape index (κ3) is 3.47. The fraction of sp³-hybridized carbons (Fsp3) is 0.556. The number of aliphatic carboxylic acids is 1. The number of primary sulfonamides is 1. The second kappa shape index (κ2) is 7.34. The van der Waals surface area contributed by atoms with Crippen LogP contribution in [-0.2, 0) is 14.8 Å². The summed E-state index contributed by atoms with van der Waals surface area (Å²) in [6, 6.07) is 3.58. The standard InChI is InChI=1S/C18H25N3O6S/c1-20-8-3-6-18(17(23)24)7-9-21(11-15(18)20)16(22)13-10-12(28(19,25)26)4-5-14(13)27-2/h4-5,10,15H,3,6-9,11H2,1-2H3,(H,23,24)(H2,19,25,26)/t15-,18+/m1/s1. The number of nitrogens with two attached hydrogens (primary N) is 1. The van der Waals surface area contributed by atoms with Gasteiger partial charge < -0.3 is 19.6 Å². The molecule has 0 spiro atoms. The first-order chi connectivity index (χ1) is 13.1. The van der Waals surface area contributed by atoms with Gasteiger partial charge in [-0.15, -0.1) is 0 Å². The number of carboxylic acids is 1. The van der Waals surface area contributed by atoms with Gasteiger partial charge in [0, 0.05) is 19.1 Å². The van der Waals surface area contributed by atoms with E-state index in [2.05, 4.69) is 0 Å². The molecule has 154 valence electrons. The number of carboxylic acid groups (broad SMARTS) is 1. The Hall–Kier alpha value is -2.17. The largest absolute Gasteiger partial charge is 0.496 e. The summed E-state index contributed by atoms with van der Waals surface area (Å²) in [6.07, 6.45) is 1.74. The Morgan fingerprint density at radius 1 is 1.29 bits per heavy atom. The second-order valence-corrected chi connectivity index (χ2v) is 9.03. The number of methoxy groups -OCH3 is 1. The highest BCUT2D eigenvalue weighted by Crippen LogP contribution is 2.42. The number of ether oxygens (including phenoxy) is 1. The van der Waals surface area contributed by atoms with Crippen LogP contribution in [0.4, 0.5) is 0 Å². The molecule has 1 amide bonds. The van der Waals surface area contributed by atoms with E-state index < -0.39 is 27.3 Å². The SMILES string of the molecule is COc1ccc(S(N)(=O)=O)cc1C(=O)N1CC[C@@]2(C(=O)O)CCCN(C)[C@@H]2C1. The molecule has 2 aliphatic heterocycles. The van der Waals surface area contributed by atoms with E-state index in [1.54, 1.807) is 4.90 Å². The van der Waals surface area contributed by atoms with Crippen molar-refractivity contribution in [1.29, 1.82) is 0 Å². The monoisotopic (exact) mass is 411 g/mol. The predicted octanol–water partition coefficient (Wildman–Crippen LogP) is 0.354. The quantitative estimate of drug-likeness (QED) is 0.731. The molecule has 0 bridgehead atoms. The summed E-state index contributed by atoms with van der Waals surface area (Å²) in [4.78, 5) is 28.6. The van der Waals surface area contributed by atoms with E-state index in [-0.39, 0.29) is 35.3 Å². The molecule has 3 rings (SSSR count). The topological polar surface area (TPSA) is 130 Å². The van der Waals surface area contributed by atoms with Crippen LogP contribution in [0.1, 0.15) is 29.6 Å². The molecule has 2 heterocycles. The number of benzene rings is 1. The van der Waals surface area contributed by atoms with Gasteiger partial charge in [-0.3, -0.25) is 9.59 Å². The number of fused-ring (bicyclic) bond motifs is 1. The zero-order valence-corrected chi connectivity index (χ0v) is 16.7. The lowest BCUT2D eigenvalue weighted by Crippen LogP contribution is -2.63. The van der Waals surface area contributed by atoms with Crippen LogP contribution in [0.25, 0.3) is 0 Å². The summed E-state index contributed by atoms with van der Waals surface area (Å²) >= 11 is 0. The number of carbonyl (C=O) groups excluding carboxylic acids is 1. The van der Waals surface area contributed by atoms with Crippen molar-refractivity contribution in [2.24, 2.45) is 10.6 Å². The Kier molecular flexibility index (Phi) is 5.39. The summed E-state index contributed by atoms with van der Waals surface area (Å²) in [5, 5.41) is 15.0. The first kappa shape index (κ1) is 20.6. The van der Waals surface area contributed by atoms with Gasteiger partial charge in [-0.1, -0.05) is 0 Å². The summed E-state index contributed by atoms with van der Waals surface area (Å²) in [5.41, 5.74) is -0.772. The van der Waals surface area contributed by atoms with Crippen molar-refractivity contribution in [3.63, 3.8) is 0 Å². The zero-order chi connectivity index (χ0) is 20.7. The first-order valence-corrected chi connectivity index (χ1v) is 10.6. The normalized spacial score (nSPS) is 25.8. The van der Waals surface area contributed by atoms with Crippen LogP contribution in [-0.4, -0.2) is 75.0 Å². The number of sulfonamides is 1. The van der Waals surface area contributed by atoms with E-state index in [1.165, 1.54) is 25.3 Å². The summed E-state index contributed by atoms with van der Waals surface area (Å²) < 4.78 is 28.6. The number of rotatable bonds is 4. The third-order valence-electron chi connectivity index (χ3n) is 5.97. The molecule has 1 aromatic rings. The van der Waals surface area contributed by atoms with E-state index in [0.29, 0.717) is 12.8 Å². The smallest absolute Gasteiger partial charge is 0.311 e. The van der Waals surface area contributed by atoms with E-state index in [4.69, 9.17) is 9.88 Å². The third-order valence-corrected chi connectivity index (χ3v) is 6.88. The highest BCUT2D eigenvalue weighted by molar-refractivity contribution is 7.89. The van der Waals surface area contributed by atoms with Gasteiger partial charge >= 0.3 is 5.97 Å². The van der Waals surface area contributed by atoms with Gasteiger partial charge in [0.1, 0.15) is 5.75 Å². The average Bonchev–Trinajstić information content (AvgIpc) is 2.66. The number of hydrogen-bond donors (Lipinski definition) is 2. The first-order valence-electron chi connectivity index (χ1n) is 9.04. The summed E-state index contributed by atoms with van der Waals surface area (Å²) in [6.45, 7) is 1.30. The molecule has 0 aliphatic carbocycles. The molecule has 1 aromatic carbocycles. The Balaban J connectivity index is 1.93. The Morgan fingerprint density at radius 2 is 2.00 bits per heavy atom. The molecule has 2 fully saturated rings. The Bertz CT molecular complexity index is 903. The van der Waals surface area contributed by atoms with Crippen molar-refractivity contribution in [3.8, 4) is 5.75 Å². The Labute approximate surface area is 164 Å². The average molecular weight is 411 g/mol. The minimum atomic E-state index is -3.98. The maximum atomic E-state index is 13.2. The number of likely N-dealkylation sites (tertiary alicyclic amines) is 2. The molecule has 2 aliphatic rings. The van der Waals surface area contributed by atoms with Crippen molar-refractivity contribution in [2.75, 3.05) is 33.8 Å². The van der Waals surface area contributed by atoms with E-state index >= 15 is 0 Å². The van der Waals surface area contributed by atoms with Crippen LogP contribution >= 0.6 is 0 Å². The molecule has 0 radical (unpaired) electrons. The molecular formula is C18H25N3O6S. The van der Waals surface area contributed by atoms with Crippen LogP contribution in [0, 0.1) is 5.41 Å². The number of carbonyl (C=O) groups is 2. The van der Waals surface area contributed by atoms with Gasteiger partial charge in [0.05, 0.1) is 23.0 Å². The van der Waals surface area contributed by atoms with Crippen molar-refractivity contribution in [1.82, 2.24) is 9.80 Å². The van der Waals surface area contributed by atoms with Gasteiger partial charge in [0.25, 0.3) is 5.91 Å². The summed E-state index contributed by atoms with van der Waals surface area (Å²) in [5.74, 6) is -0.991. The molecule has 2 atom stereocenters. The predicted molar refractivity (Wildman–Crippen MR) is 101 cm³/mol. The van der Waals surface area contributed by atoms with Crippen LogP contribution in [0.5, 0.6) is 5.75 Å². The number of likely N-dealkylation sites (N-methyl/N-ethyl adjacent to an activating group) is 1. The molecule has 3 N–H and O–H groups in total. The zero-order valence-electron chi connectivity index (χ0n) is 15.9. The maximum absolute atomic E-state index is 13.2. The second-order valence-electron chi connectivity index (χ2n) is 7.47. The van der Waals surface area contributed by atoms with E-state index in [1.807, 2.05) is 11.9 Å². The van der Waals surface area contributed by atoms with Gasteiger partial charge in [0.2, 0.25) is 10.0 Å². The highest BCUT2D eigenvalue weighted by atomic mass is 32.2. The molecule has 0 saturated carbocycles. The molecule has 2 saturated heterocycles. The lowest BCUT2D eigenvalue weighted by Gasteiger charge is -2.51. The molecular weight excluding hydrogens is 386 g/mol. The van der Waals surface area contributed by atoms with Crippen LogP contribution < -0.4 is 9.88 Å². The van der Waals surface area contributed by atoms with Gasteiger partial charge in [0.15, 0.2) is 0 Å². The van der Waals surface area contributed by atoms with E-state index in [0.717, 1.165) is 13.0 Å². The highest BCUT2D eigenvalue weighted by Gasteiger charge is 2.53. The number of nitrogens with zero attached hydrogens (tertiary/aromatic N) is 2. The van der Waals surface area contributed by atoms with Crippen LogP contribution in [0.15, 0.2) is 23.1 Å². The lowest BCUT2D eigenvalue weighted by atomic mass is 9.68. The maximum Gasteiger partial charge on any atom is 0.311 e. The van der Waals surface area contributed by atoms with Gasteiger partial charge in [-0.2, -0.15) is 0 Å². The fourth-order valence-corrected chi connectivity index (χ4v) is 4.91. The van der Waals surface area contributed by atoms with Gasteiger partial charge in [-0.05, 0) is 51.1 Å². The molecule has 10 heteroatoms. The minimum Gasteiger partial charge on any atom is -0.496 e. The van der Waals surface area contributed by atoms with Gasteiger partial charge in [-0.25, -0.2) is 13.6 Å². The number of amides is 1. The van der Waals surface area contributed by atoms with Crippen molar-refractivity contribution in [2.45, 2.75) is 30.2 Å². The number of hydrogen-bond acceptors (Lipinski definition) is 6. The molecule has 9 nitrogen and oxygen atoms in total. The molecule has 0 unspecified atom stereocenters. The van der Waals surface area contributed by atoms with Crippen LogP contribution in [0.2, 0.25) is 0 Å². The number of piperidine rings is 2. The minimum absolute atomic E-state index is 0.0929. The molecule has 0 aromatic heterocycles. The molecule has 28 heavy (non-hydrogen) atoms. The van der Waals surface area contributed by atoms with E-state index in [9.17, 15) is 23.1 Å². The lowest BCUT2D eigenvalue weighted by molar-refractivity contribution is -0.161. The van der Waals surface area contributed by atoms with Crippen molar-refractivity contribution in [3.05, 3.63) is 23.8 Å². The fourth-order valence-electron chi connectivity index (χ4n) is 4.37.